The molecule has 0 aromatic heterocycles. The number of rotatable bonds is 7. The Labute approximate surface area is 149 Å². The SMILES string of the molecule is O=C(O)c1ccc(CCC(=O)N(CC2CCCO2)C2CCCC2)cc1. The number of benzene rings is 1. The zero-order valence-electron chi connectivity index (χ0n) is 14.7. The standard InChI is InChI=1S/C20H27NO4/c22-19(12-9-15-7-10-16(11-8-15)20(23)24)21(17-4-1-2-5-17)14-18-6-3-13-25-18/h7-8,10-11,17-18H,1-6,9,12-14H2,(H,23,24). The molecule has 25 heavy (non-hydrogen) atoms. The van der Waals surface area contributed by atoms with Crippen LogP contribution in [0.5, 0.6) is 0 Å². The average Bonchev–Trinajstić information content (AvgIpc) is 3.31. The molecule has 0 bridgehead atoms. The van der Waals surface area contributed by atoms with E-state index in [-0.39, 0.29) is 17.6 Å². The fourth-order valence-electron chi connectivity index (χ4n) is 3.89. The van der Waals surface area contributed by atoms with Gasteiger partial charge in [0.1, 0.15) is 0 Å². The highest BCUT2D eigenvalue weighted by atomic mass is 16.5. The number of ether oxygens (including phenoxy) is 1. The summed E-state index contributed by atoms with van der Waals surface area (Å²) in [7, 11) is 0. The van der Waals surface area contributed by atoms with Gasteiger partial charge in [0.25, 0.3) is 0 Å². The predicted molar refractivity (Wildman–Crippen MR) is 94.7 cm³/mol. The number of carboxylic acids is 1. The Kier molecular flexibility index (Phi) is 6.08. The number of hydrogen-bond acceptors (Lipinski definition) is 3. The van der Waals surface area contributed by atoms with Crippen LogP contribution in [-0.4, -0.2) is 47.2 Å². The smallest absolute Gasteiger partial charge is 0.335 e. The van der Waals surface area contributed by atoms with E-state index < -0.39 is 5.97 Å². The van der Waals surface area contributed by atoms with Crippen LogP contribution in [0.4, 0.5) is 0 Å². The number of aromatic carboxylic acids is 1. The molecule has 2 aliphatic rings. The third-order valence-corrected chi connectivity index (χ3v) is 5.34. The van der Waals surface area contributed by atoms with Gasteiger partial charge in [0.05, 0.1) is 11.7 Å². The Morgan fingerprint density at radius 1 is 1.08 bits per heavy atom. The Bertz CT molecular complexity index is 586. The topological polar surface area (TPSA) is 66.8 Å². The molecule has 5 heteroatoms. The maximum Gasteiger partial charge on any atom is 0.335 e. The van der Waals surface area contributed by atoms with Crippen molar-refractivity contribution in [2.75, 3.05) is 13.2 Å². The molecule has 1 unspecified atom stereocenters. The van der Waals surface area contributed by atoms with Crippen LogP contribution in [0.2, 0.25) is 0 Å². The van der Waals surface area contributed by atoms with Crippen LogP contribution in [0.1, 0.15) is 60.9 Å². The van der Waals surface area contributed by atoms with Gasteiger partial charge in [-0.25, -0.2) is 4.79 Å². The minimum Gasteiger partial charge on any atom is -0.478 e. The Morgan fingerprint density at radius 2 is 1.80 bits per heavy atom. The van der Waals surface area contributed by atoms with Crippen molar-refractivity contribution in [1.82, 2.24) is 4.90 Å². The molecule has 1 amide bonds. The van der Waals surface area contributed by atoms with E-state index in [1.54, 1.807) is 24.3 Å². The fourth-order valence-corrected chi connectivity index (χ4v) is 3.89. The number of aryl methyl sites for hydroxylation is 1. The van der Waals surface area contributed by atoms with E-state index in [0.29, 0.717) is 18.9 Å². The molecule has 1 aliphatic heterocycles. The molecule has 1 saturated carbocycles. The molecular formula is C20H27NO4. The summed E-state index contributed by atoms with van der Waals surface area (Å²) in [5.74, 6) is -0.726. The summed E-state index contributed by atoms with van der Waals surface area (Å²) in [6, 6.07) is 7.17. The van der Waals surface area contributed by atoms with Gasteiger partial charge in [-0.05, 0) is 49.8 Å². The molecule has 1 aromatic carbocycles. The normalized spacial score (nSPS) is 20.7. The third-order valence-electron chi connectivity index (χ3n) is 5.34. The van der Waals surface area contributed by atoms with Crippen LogP contribution >= 0.6 is 0 Å². The fraction of sp³-hybridized carbons (Fsp3) is 0.600. The summed E-state index contributed by atoms with van der Waals surface area (Å²) < 4.78 is 5.74. The molecule has 1 aliphatic carbocycles. The maximum atomic E-state index is 12.8. The minimum absolute atomic E-state index is 0.194. The van der Waals surface area contributed by atoms with Crippen molar-refractivity contribution in [2.24, 2.45) is 0 Å². The van der Waals surface area contributed by atoms with E-state index in [1.807, 2.05) is 0 Å². The van der Waals surface area contributed by atoms with Crippen molar-refractivity contribution >= 4 is 11.9 Å². The molecule has 5 nitrogen and oxygen atoms in total. The van der Waals surface area contributed by atoms with Crippen LogP contribution in [0.15, 0.2) is 24.3 Å². The molecule has 1 atom stereocenters. The summed E-state index contributed by atoms with van der Waals surface area (Å²) in [5.41, 5.74) is 1.28. The van der Waals surface area contributed by atoms with Gasteiger partial charge >= 0.3 is 5.97 Å². The molecule has 3 rings (SSSR count). The lowest BCUT2D eigenvalue weighted by Crippen LogP contribution is -2.43. The number of carbonyl (C=O) groups excluding carboxylic acids is 1. The van der Waals surface area contributed by atoms with Crippen molar-refractivity contribution in [1.29, 1.82) is 0 Å². The van der Waals surface area contributed by atoms with E-state index in [0.717, 1.165) is 44.4 Å². The molecule has 136 valence electrons. The summed E-state index contributed by atoms with van der Waals surface area (Å²) in [4.78, 5) is 25.8. The van der Waals surface area contributed by atoms with Gasteiger partial charge in [-0.1, -0.05) is 25.0 Å². The van der Waals surface area contributed by atoms with E-state index >= 15 is 0 Å². The predicted octanol–water partition coefficient (Wildman–Crippen LogP) is 3.27. The van der Waals surface area contributed by atoms with Crippen molar-refractivity contribution in [2.45, 2.75) is 63.5 Å². The number of nitrogens with zero attached hydrogens (tertiary/aromatic N) is 1. The quantitative estimate of drug-likeness (QED) is 0.824. The van der Waals surface area contributed by atoms with Gasteiger partial charge in [0.15, 0.2) is 0 Å². The van der Waals surface area contributed by atoms with E-state index in [2.05, 4.69) is 4.90 Å². The van der Waals surface area contributed by atoms with Gasteiger partial charge < -0.3 is 14.7 Å². The minimum atomic E-state index is -0.924. The van der Waals surface area contributed by atoms with Crippen molar-refractivity contribution in [3.8, 4) is 0 Å². The van der Waals surface area contributed by atoms with Gasteiger partial charge in [0, 0.05) is 25.6 Å². The lowest BCUT2D eigenvalue weighted by atomic mass is 10.1. The van der Waals surface area contributed by atoms with Gasteiger partial charge in [-0.2, -0.15) is 0 Å². The number of amides is 1. The Balaban J connectivity index is 1.58. The molecule has 1 aromatic rings. The molecule has 1 heterocycles. The molecule has 1 N–H and O–H groups in total. The first-order chi connectivity index (χ1) is 12.1. The van der Waals surface area contributed by atoms with Crippen molar-refractivity contribution < 1.29 is 19.4 Å². The number of carboxylic acid groups (broad SMARTS) is 1. The first-order valence-electron chi connectivity index (χ1n) is 9.37. The molecule has 0 radical (unpaired) electrons. The van der Waals surface area contributed by atoms with Gasteiger partial charge in [-0.3, -0.25) is 4.79 Å². The summed E-state index contributed by atoms with van der Waals surface area (Å²) in [6.45, 7) is 1.54. The highest BCUT2D eigenvalue weighted by Gasteiger charge is 2.29. The maximum absolute atomic E-state index is 12.8. The average molecular weight is 345 g/mol. The molecule has 2 fully saturated rings. The number of carbonyl (C=O) groups is 2. The van der Waals surface area contributed by atoms with Crippen LogP contribution in [0.3, 0.4) is 0 Å². The Hall–Kier alpha value is -1.88. The monoisotopic (exact) mass is 345 g/mol. The molecular weight excluding hydrogens is 318 g/mol. The Morgan fingerprint density at radius 3 is 2.40 bits per heavy atom. The zero-order valence-corrected chi connectivity index (χ0v) is 14.7. The first-order valence-corrected chi connectivity index (χ1v) is 9.37. The van der Waals surface area contributed by atoms with Gasteiger partial charge in [0.2, 0.25) is 5.91 Å². The second-order valence-corrected chi connectivity index (χ2v) is 7.12. The largest absolute Gasteiger partial charge is 0.478 e. The lowest BCUT2D eigenvalue weighted by Gasteiger charge is -2.31. The van der Waals surface area contributed by atoms with Gasteiger partial charge in [-0.15, -0.1) is 0 Å². The van der Waals surface area contributed by atoms with Crippen LogP contribution in [0, 0.1) is 0 Å². The van der Waals surface area contributed by atoms with Crippen LogP contribution in [0.25, 0.3) is 0 Å². The lowest BCUT2D eigenvalue weighted by molar-refractivity contribution is -0.135. The highest BCUT2D eigenvalue weighted by molar-refractivity contribution is 5.87. The van der Waals surface area contributed by atoms with E-state index in [1.165, 1.54) is 12.8 Å². The molecule has 1 saturated heterocycles. The van der Waals surface area contributed by atoms with Crippen LogP contribution in [-0.2, 0) is 16.0 Å². The second-order valence-electron chi connectivity index (χ2n) is 7.12. The summed E-state index contributed by atoms with van der Waals surface area (Å²) in [6.07, 6.45) is 8.06. The second kappa shape index (κ2) is 8.48. The molecule has 0 spiro atoms. The summed E-state index contributed by atoms with van der Waals surface area (Å²) >= 11 is 0. The summed E-state index contributed by atoms with van der Waals surface area (Å²) in [5, 5.41) is 8.95. The highest BCUT2D eigenvalue weighted by Crippen LogP contribution is 2.26. The zero-order chi connectivity index (χ0) is 17.6. The first kappa shape index (κ1) is 17.9. The van der Waals surface area contributed by atoms with Crippen LogP contribution < -0.4 is 0 Å². The van der Waals surface area contributed by atoms with E-state index in [4.69, 9.17) is 9.84 Å². The van der Waals surface area contributed by atoms with Crippen molar-refractivity contribution in [3.63, 3.8) is 0 Å². The number of hydrogen-bond donors (Lipinski definition) is 1. The van der Waals surface area contributed by atoms with E-state index in [9.17, 15) is 9.59 Å². The third kappa shape index (κ3) is 4.82. The van der Waals surface area contributed by atoms with Crippen molar-refractivity contribution in [3.05, 3.63) is 35.4 Å².